The van der Waals surface area contributed by atoms with Crippen molar-refractivity contribution in [2.75, 3.05) is 11.9 Å². The van der Waals surface area contributed by atoms with Crippen LogP contribution < -0.4 is 10.2 Å². The van der Waals surface area contributed by atoms with Crippen LogP contribution in [0.4, 0.5) is 11.4 Å². The van der Waals surface area contributed by atoms with Crippen molar-refractivity contribution in [3.63, 3.8) is 0 Å². The molecule has 1 amide bonds. The molecule has 1 saturated heterocycles. The van der Waals surface area contributed by atoms with E-state index in [0.29, 0.717) is 21.0 Å². The second kappa shape index (κ2) is 7.78. The van der Waals surface area contributed by atoms with Gasteiger partial charge in [-0.1, -0.05) is 30.7 Å². The van der Waals surface area contributed by atoms with E-state index in [4.69, 9.17) is 11.6 Å². The van der Waals surface area contributed by atoms with Gasteiger partial charge in [0.25, 0.3) is 5.91 Å². The number of aryl methyl sites for hydroxylation is 1. The number of amides is 1. The van der Waals surface area contributed by atoms with Crippen LogP contribution in [0.15, 0.2) is 46.3 Å². The highest BCUT2D eigenvalue weighted by molar-refractivity contribution is 8.18. The van der Waals surface area contributed by atoms with Crippen LogP contribution in [0.3, 0.4) is 0 Å². The number of hydrogen-bond donors (Lipinski definition) is 1. The number of carbonyl (C=O) groups is 1. The van der Waals surface area contributed by atoms with Gasteiger partial charge in [0, 0.05) is 23.3 Å². The number of amidine groups is 1. The minimum atomic E-state index is -0.147. The molecule has 1 atom stereocenters. The molecule has 0 saturated carbocycles. The van der Waals surface area contributed by atoms with Crippen LogP contribution in [0.2, 0.25) is 5.02 Å². The molecule has 2 aliphatic rings. The minimum absolute atomic E-state index is 0.0814. The molecular weight excluding hydrogens is 414 g/mol. The van der Waals surface area contributed by atoms with Crippen molar-refractivity contribution in [2.24, 2.45) is 4.99 Å². The van der Waals surface area contributed by atoms with Crippen molar-refractivity contribution in [2.45, 2.75) is 45.6 Å². The first-order valence-corrected chi connectivity index (χ1v) is 11.3. The second-order valence-electron chi connectivity index (χ2n) is 8.73. The van der Waals surface area contributed by atoms with Crippen molar-refractivity contribution in [3.8, 4) is 0 Å². The summed E-state index contributed by atoms with van der Waals surface area (Å²) in [6.45, 7) is 8.78. The highest BCUT2D eigenvalue weighted by Gasteiger charge is 2.34. The van der Waals surface area contributed by atoms with E-state index in [9.17, 15) is 4.79 Å². The molecule has 156 valence electrons. The van der Waals surface area contributed by atoms with Crippen molar-refractivity contribution < 1.29 is 4.79 Å². The minimum Gasteiger partial charge on any atom is -0.369 e. The van der Waals surface area contributed by atoms with E-state index < -0.39 is 0 Å². The molecular formula is C24H26ClN3OS. The van der Waals surface area contributed by atoms with E-state index in [1.165, 1.54) is 17.3 Å². The van der Waals surface area contributed by atoms with Crippen molar-refractivity contribution in [1.29, 1.82) is 0 Å². The van der Waals surface area contributed by atoms with Crippen molar-refractivity contribution >= 4 is 51.9 Å². The number of benzene rings is 2. The predicted molar refractivity (Wildman–Crippen MR) is 129 cm³/mol. The summed E-state index contributed by atoms with van der Waals surface area (Å²) >= 11 is 7.98. The Balaban J connectivity index is 1.66. The maximum absolute atomic E-state index is 12.5. The van der Waals surface area contributed by atoms with Crippen LogP contribution in [0, 0.1) is 6.92 Å². The molecule has 1 fully saturated rings. The van der Waals surface area contributed by atoms with Gasteiger partial charge in [-0.2, -0.15) is 0 Å². The van der Waals surface area contributed by atoms with Crippen LogP contribution in [-0.4, -0.2) is 23.7 Å². The average Bonchev–Trinajstić information content (AvgIpc) is 2.99. The van der Waals surface area contributed by atoms with Gasteiger partial charge in [-0.05, 0) is 91.9 Å². The monoisotopic (exact) mass is 439 g/mol. The van der Waals surface area contributed by atoms with Crippen molar-refractivity contribution in [1.82, 2.24) is 5.32 Å². The Labute approximate surface area is 187 Å². The van der Waals surface area contributed by atoms with Gasteiger partial charge < -0.3 is 10.2 Å². The maximum Gasteiger partial charge on any atom is 0.264 e. The molecule has 0 aliphatic carbocycles. The Hall–Kier alpha value is -2.24. The normalized spacial score (nSPS) is 23.1. The maximum atomic E-state index is 12.5. The van der Waals surface area contributed by atoms with Crippen LogP contribution in [-0.2, 0) is 4.79 Å². The SMILES string of the molecule is Cc1cccc(N=C2NC(=O)/C(=C/c3cc4c(cc3Cl)N(C)C(C)(C)C[C@H]4C)S2)c1. The van der Waals surface area contributed by atoms with Crippen LogP contribution >= 0.6 is 23.4 Å². The summed E-state index contributed by atoms with van der Waals surface area (Å²) in [6, 6.07) is 12.0. The zero-order valence-corrected chi connectivity index (χ0v) is 19.5. The molecule has 2 aromatic rings. The molecule has 0 unspecified atom stereocenters. The fourth-order valence-electron chi connectivity index (χ4n) is 4.15. The molecule has 2 aliphatic heterocycles. The Morgan fingerprint density at radius 3 is 2.80 bits per heavy atom. The van der Waals surface area contributed by atoms with Crippen LogP contribution in [0.25, 0.3) is 6.08 Å². The van der Waals surface area contributed by atoms with Gasteiger partial charge in [-0.25, -0.2) is 4.99 Å². The number of rotatable bonds is 2. The van der Waals surface area contributed by atoms with E-state index in [0.717, 1.165) is 28.9 Å². The average molecular weight is 440 g/mol. The summed E-state index contributed by atoms with van der Waals surface area (Å²) < 4.78 is 0. The lowest BCUT2D eigenvalue weighted by Gasteiger charge is -2.45. The number of nitrogens with zero attached hydrogens (tertiary/aromatic N) is 2. The number of fused-ring (bicyclic) bond motifs is 1. The molecule has 4 nitrogen and oxygen atoms in total. The van der Waals surface area contributed by atoms with E-state index in [-0.39, 0.29) is 11.4 Å². The van der Waals surface area contributed by atoms with Gasteiger partial charge in [0.05, 0.1) is 10.6 Å². The van der Waals surface area contributed by atoms with Gasteiger partial charge in [0.15, 0.2) is 5.17 Å². The molecule has 2 heterocycles. The highest BCUT2D eigenvalue weighted by Crippen LogP contribution is 2.45. The van der Waals surface area contributed by atoms with Crippen LogP contribution in [0.1, 0.15) is 49.8 Å². The van der Waals surface area contributed by atoms with Crippen LogP contribution in [0.5, 0.6) is 0 Å². The van der Waals surface area contributed by atoms with Crippen molar-refractivity contribution in [3.05, 3.63) is 63.0 Å². The zero-order valence-electron chi connectivity index (χ0n) is 17.9. The fraction of sp³-hybridized carbons (Fsp3) is 0.333. The quantitative estimate of drug-likeness (QED) is 0.561. The number of thioether (sulfide) groups is 1. The second-order valence-corrected chi connectivity index (χ2v) is 10.2. The third kappa shape index (κ3) is 4.01. The van der Waals surface area contributed by atoms with Gasteiger partial charge >= 0.3 is 0 Å². The summed E-state index contributed by atoms with van der Waals surface area (Å²) in [5, 5.41) is 4.09. The first-order valence-electron chi connectivity index (χ1n) is 10.1. The van der Waals surface area contributed by atoms with E-state index in [2.05, 4.69) is 49.1 Å². The number of hydrogen-bond acceptors (Lipinski definition) is 4. The lowest BCUT2D eigenvalue weighted by Crippen LogP contribution is -2.45. The topological polar surface area (TPSA) is 44.7 Å². The summed E-state index contributed by atoms with van der Waals surface area (Å²) in [7, 11) is 2.12. The third-order valence-corrected chi connectivity index (χ3v) is 7.16. The van der Waals surface area contributed by atoms with E-state index in [1.54, 1.807) is 0 Å². The van der Waals surface area contributed by atoms with Gasteiger partial charge in [0.1, 0.15) is 0 Å². The standard InChI is InChI=1S/C24H26ClN3OS/c1-14-7-6-8-17(9-14)26-23-27-22(29)21(30-23)11-16-10-18-15(2)13-24(3,4)28(5)20(18)12-19(16)25/h6-12,15H,13H2,1-5H3,(H,26,27,29)/b21-11-/t15-/m1/s1. The Morgan fingerprint density at radius 1 is 1.30 bits per heavy atom. The molecule has 0 spiro atoms. The van der Waals surface area contributed by atoms with Gasteiger partial charge in [0.2, 0.25) is 0 Å². The molecule has 0 bridgehead atoms. The number of carbonyl (C=O) groups excluding carboxylic acids is 1. The third-order valence-electron chi connectivity index (χ3n) is 5.92. The van der Waals surface area contributed by atoms with Gasteiger partial charge in [-0.3, -0.25) is 4.79 Å². The molecule has 6 heteroatoms. The molecule has 1 N–H and O–H groups in total. The Morgan fingerprint density at radius 2 is 2.07 bits per heavy atom. The summed E-state index contributed by atoms with van der Waals surface area (Å²) in [4.78, 5) is 20.0. The zero-order chi connectivity index (χ0) is 21.6. The molecule has 30 heavy (non-hydrogen) atoms. The van der Waals surface area contributed by atoms with Gasteiger partial charge in [-0.15, -0.1) is 0 Å². The number of anilines is 1. The van der Waals surface area contributed by atoms with E-state index in [1.807, 2.05) is 43.3 Å². The number of aliphatic imine (C=N–C) groups is 1. The Bertz CT molecular complexity index is 1090. The fourth-order valence-corrected chi connectivity index (χ4v) is 5.20. The smallest absolute Gasteiger partial charge is 0.264 e. The molecule has 4 rings (SSSR count). The molecule has 2 aromatic carbocycles. The highest BCUT2D eigenvalue weighted by atomic mass is 35.5. The largest absolute Gasteiger partial charge is 0.369 e. The predicted octanol–water partition coefficient (Wildman–Crippen LogP) is 6.26. The lowest BCUT2D eigenvalue weighted by molar-refractivity contribution is -0.115. The molecule has 0 radical (unpaired) electrons. The first-order chi connectivity index (χ1) is 14.1. The summed E-state index contributed by atoms with van der Waals surface area (Å²) in [6.07, 6.45) is 2.94. The first kappa shape index (κ1) is 21.0. The number of halogens is 1. The summed E-state index contributed by atoms with van der Waals surface area (Å²) in [5.41, 5.74) is 5.33. The lowest BCUT2D eigenvalue weighted by atomic mass is 9.80. The number of nitrogens with one attached hydrogen (secondary N) is 1. The van der Waals surface area contributed by atoms with E-state index >= 15 is 0 Å². The molecule has 0 aromatic heterocycles. The Kier molecular flexibility index (Phi) is 5.45. The summed E-state index contributed by atoms with van der Waals surface area (Å²) in [5.74, 6) is 0.274.